The Morgan fingerprint density at radius 1 is 1.62 bits per heavy atom. The van der Waals surface area contributed by atoms with E-state index < -0.39 is 12.2 Å². The fourth-order valence-corrected chi connectivity index (χ4v) is 0.266. The maximum atomic E-state index is 11.4. The molecule has 1 rings (SSSR count). The van der Waals surface area contributed by atoms with E-state index >= 15 is 0 Å². The Hall–Kier alpha value is -0.930. The van der Waals surface area contributed by atoms with Gasteiger partial charge in [0.2, 0.25) is 5.76 Å². The molecular formula is C4HF2NO. The number of alkyl halides is 2. The fraction of sp³-hybridized carbons (Fsp3) is 0.250. The molecule has 0 aliphatic heterocycles. The van der Waals surface area contributed by atoms with E-state index in [-0.39, 0.29) is 0 Å². The summed E-state index contributed by atoms with van der Waals surface area (Å²) in [7, 11) is 0. The van der Waals surface area contributed by atoms with Crippen LogP contribution < -0.4 is 0 Å². The van der Waals surface area contributed by atoms with E-state index in [9.17, 15) is 8.78 Å². The van der Waals surface area contributed by atoms with E-state index in [4.69, 9.17) is 0 Å². The average molecular weight is 117 g/mol. The first-order valence-corrected chi connectivity index (χ1v) is 1.83. The lowest BCUT2D eigenvalue weighted by atomic mass is 10.5. The van der Waals surface area contributed by atoms with E-state index in [2.05, 4.69) is 9.40 Å². The monoisotopic (exact) mass is 117 g/mol. The molecule has 2 nitrogen and oxygen atoms in total. The van der Waals surface area contributed by atoms with Crippen molar-refractivity contribution in [2.75, 3.05) is 0 Å². The van der Waals surface area contributed by atoms with E-state index in [0.29, 0.717) is 0 Å². The first-order valence-electron chi connectivity index (χ1n) is 1.83. The van der Waals surface area contributed by atoms with Crippen molar-refractivity contribution >= 4 is 0 Å². The molecule has 2 radical (unpaired) electrons. The number of rotatable bonds is 1. The second-order valence-electron chi connectivity index (χ2n) is 1.08. The maximum Gasteiger partial charge on any atom is 0.297 e. The van der Waals surface area contributed by atoms with Crippen LogP contribution in [0.25, 0.3) is 0 Å². The Labute approximate surface area is 44.1 Å². The van der Waals surface area contributed by atoms with Gasteiger partial charge < -0.3 is 4.42 Å². The van der Waals surface area contributed by atoms with Gasteiger partial charge in [-0.2, -0.15) is 0 Å². The van der Waals surface area contributed by atoms with Crippen LogP contribution in [0.2, 0.25) is 0 Å². The summed E-state index contributed by atoms with van der Waals surface area (Å²) in [5.74, 6) is -0.565. The molecule has 0 unspecified atom stereocenters. The smallest absolute Gasteiger partial charge is 0.297 e. The van der Waals surface area contributed by atoms with Gasteiger partial charge in [-0.05, 0) is 0 Å². The summed E-state index contributed by atoms with van der Waals surface area (Å²) >= 11 is 0. The van der Waals surface area contributed by atoms with Crippen LogP contribution in [0, 0.1) is 12.6 Å². The third kappa shape index (κ3) is 0.828. The molecule has 0 spiro atoms. The van der Waals surface area contributed by atoms with Gasteiger partial charge in [0.1, 0.15) is 6.20 Å². The molecule has 1 aromatic rings. The molecule has 1 aromatic heterocycles. The Balaban J connectivity index is 2.77. The molecule has 0 aromatic carbocycles. The standard InChI is InChI=1S/C4HF2NO/c5-4(6)3-1-7-2-8-3/h4H. The summed E-state index contributed by atoms with van der Waals surface area (Å²) < 4.78 is 26.9. The van der Waals surface area contributed by atoms with Crippen LogP contribution in [0.4, 0.5) is 8.78 Å². The number of hydrogen-bond donors (Lipinski definition) is 0. The highest BCUT2D eigenvalue weighted by molar-refractivity contribution is 4.85. The molecule has 0 atom stereocenters. The van der Waals surface area contributed by atoms with Crippen molar-refractivity contribution in [2.24, 2.45) is 0 Å². The Kier molecular flexibility index (Phi) is 1.24. The van der Waals surface area contributed by atoms with Gasteiger partial charge in [0.15, 0.2) is 0 Å². The molecule has 4 heteroatoms. The minimum atomic E-state index is -2.63. The highest BCUT2D eigenvalue weighted by atomic mass is 19.3. The summed E-state index contributed by atoms with van der Waals surface area (Å²) in [5.41, 5.74) is 0. The third-order valence-corrected chi connectivity index (χ3v) is 0.566. The van der Waals surface area contributed by atoms with Gasteiger partial charge in [0, 0.05) is 0 Å². The van der Waals surface area contributed by atoms with Crippen molar-refractivity contribution in [3.63, 3.8) is 0 Å². The van der Waals surface area contributed by atoms with E-state index in [1.54, 1.807) is 0 Å². The quantitative estimate of drug-likeness (QED) is 0.552. The Morgan fingerprint density at radius 2 is 2.38 bits per heavy atom. The summed E-state index contributed by atoms with van der Waals surface area (Å²) in [6.07, 6.45) is 1.13. The van der Waals surface area contributed by atoms with Crippen molar-refractivity contribution in [3.8, 4) is 0 Å². The van der Waals surface area contributed by atoms with Crippen LogP contribution in [-0.2, 0) is 0 Å². The molecule has 0 N–H and O–H groups in total. The van der Waals surface area contributed by atoms with Gasteiger partial charge in [-0.1, -0.05) is 0 Å². The van der Waals surface area contributed by atoms with Crippen molar-refractivity contribution < 1.29 is 13.2 Å². The van der Waals surface area contributed by atoms with Crippen molar-refractivity contribution in [3.05, 3.63) is 18.4 Å². The summed E-state index contributed by atoms with van der Waals surface area (Å²) in [4.78, 5) is 3.05. The molecule has 0 bridgehead atoms. The van der Waals surface area contributed by atoms with Gasteiger partial charge in [-0.3, -0.25) is 0 Å². The van der Waals surface area contributed by atoms with Gasteiger partial charge in [0.05, 0.1) is 0 Å². The summed E-state index contributed by atoms with van der Waals surface area (Å²) in [5, 5.41) is 0. The van der Waals surface area contributed by atoms with E-state index in [0.717, 1.165) is 0 Å². The lowest BCUT2D eigenvalue weighted by molar-refractivity contribution is 0.121. The zero-order valence-electron chi connectivity index (χ0n) is 3.69. The second kappa shape index (κ2) is 1.90. The lowest BCUT2D eigenvalue weighted by Gasteiger charge is -1.84. The van der Waals surface area contributed by atoms with Crippen LogP contribution in [0.15, 0.2) is 4.42 Å². The van der Waals surface area contributed by atoms with Crippen molar-refractivity contribution in [2.45, 2.75) is 6.43 Å². The second-order valence-corrected chi connectivity index (χ2v) is 1.08. The molecule has 0 aliphatic rings. The molecule has 0 saturated carbocycles. The normalized spacial score (nSPS) is 10.4. The first kappa shape index (κ1) is 5.21. The topological polar surface area (TPSA) is 26.0 Å². The molecule has 0 fully saturated rings. The van der Waals surface area contributed by atoms with Crippen molar-refractivity contribution in [1.29, 1.82) is 0 Å². The van der Waals surface area contributed by atoms with Crippen LogP contribution in [-0.4, -0.2) is 4.98 Å². The van der Waals surface area contributed by atoms with Gasteiger partial charge in [-0.25, -0.2) is 13.8 Å². The predicted molar refractivity (Wildman–Crippen MR) is 19.1 cm³/mol. The van der Waals surface area contributed by atoms with Gasteiger partial charge >= 0.3 is 0 Å². The molecule has 8 heavy (non-hydrogen) atoms. The van der Waals surface area contributed by atoms with E-state index in [1.165, 1.54) is 0 Å². The third-order valence-electron chi connectivity index (χ3n) is 0.566. The Morgan fingerprint density at radius 3 is 2.62 bits per heavy atom. The van der Waals surface area contributed by atoms with Crippen LogP contribution >= 0.6 is 0 Å². The molecular weight excluding hydrogens is 116 g/mol. The molecule has 1 heterocycles. The zero-order valence-corrected chi connectivity index (χ0v) is 3.69. The number of hydrogen-bond acceptors (Lipinski definition) is 2. The number of aromatic nitrogens is 1. The summed E-state index contributed by atoms with van der Waals surface area (Å²) in [6, 6.07) is 0. The van der Waals surface area contributed by atoms with Crippen LogP contribution in [0.3, 0.4) is 0 Å². The number of halogens is 2. The highest BCUT2D eigenvalue weighted by Gasteiger charge is 2.09. The van der Waals surface area contributed by atoms with Crippen LogP contribution in [0.1, 0.15) is 12.2 Å². The molecule has 0 amide bonds. The minimum Gasteiger partial charge on any atom is -0.431 e. The van der Waals surface area contributed by atoms with Gasteiger partial charge in [0.25, 0.3) is 12.8 Å². The average Bonchev–Trinajstić information content (AvgIpc) is 2.12. The molecule has 0 saturated heterocycles. The molecule has 0 aliphatic carbocycles. The first-order chi connectivity index (χ1) is 3.80. The van der Waals surface area contributed by atoms with Crippen LogP contribution in [0.5, 0.6) is 0 Å². The largest absolute Gasteiger partial charge is 0.431 e. The van der Waals surface area contributed by atoms with E-state index in [1.807, 2.05) is 12.6 Å². The SMILES string of the molecule is FC(F)c1[c]n[c]o1. The zero-order chi connectivity index (χ0) is 5.98. The van der Waals surface area contributed by atoms with Gasteiger partial charge in [-0.15, -0.1) is 0 Å². The number of oxazole rings is 1. The lowest BCUT2D eigenvalue weighted by Crippen LogP contribution is -1.75. The van der Waals surface area contributed by atoms with Crippen molar-refractivity contribution in [1.82, 2.24) is 4.98 Å². The number of nitrogens with zero attached hydrogens (tertiary/aromatic N) is 1. The predicted octanol–water partition coefficient (Wildman–Crippen LogP) is 1.21. The minimum absolute atomic E-state index is 0.565. The fourth-order valence-electron chi connectivity index (χ4n) is 0.266. The summed E-state index contributed by atoms with van der Waals surface area (Å²) in [6.45, 7) is 0. The highest BCUT2D eigenvalue weighted by Crippen LogP contribution is 2.15. The Bertz CT molecular complexity index is 149. The maximum absolute atomic E-state index is 11.4. The molecule has 42 valence electrons.